The highest BCUT2D eigenvalue weighted by Gasteiger charge is 2.15. The summed E-state index contributed by atoms with van der Waals surface area (Å²) in [5.41, 5.74) is 6.62. The van der Waals surface area contributed by atoms with Crippen LogP contribution in [0.3, 0.4) is 0 Å². The normalized spacial score (nSPS) is 16.4. The molecule has 17 heteroatoms. The number of likely N-dealkylation sites (N-methyl/N-ethyl adjacent to an activating group) is 1. The smallest absolute Gasteiger partial charge is 0.328 e. The van der Waals surface area contributed by atoms with E-state index in [1.54, 1.807) is 24.3 Å². The van der Waals surface area contributed by atoms with Crippen molar-refractivity contribution in [1.82, 2.24) is 20.9 Å². The van der Waals surface area contributed by atoms with Crippen molar-refractivity contribution in [2.45, 2.75) is 52.7 Å². The SMILES string of the molecule is CC(C=CC(=O)NC(C)c1ccc(Br)cc1)=Cc1ccc2c(c1)OCO2.CC(C=CC(=O)O)=Cc1ccc2c(c1)OCO2.CC(C=CC(=O)O)=Cc1ccc2c(c1)OCO2.CN1CCNCC1.OC1CCNCC1. The Morgan fingerprint density at radius 2 is 0.959 bits per heavy atom. The molecular formula is C57H67BrN4O12. The van der Waals surface area contributed by atoms with E-state index < -0.39 is 11.9 Å². The van der Waals surface area contributed by atoms with E-state index in [0.717, 1.165) is 118 Å². The zero-order chi connectivity index (χ0) is 53.2. The van der Waals surface area contributed by atoms with Crippen molar-refractivity contribution in [3.05, 3.63) is 159 Å². The number of nitrogens with zero attached hydrogens (tertiary/aromatic N) is 1. The fourth-order valence-corrected chi connectivity index (χ4v) is 7.50. The first-order chi connectivity index (χ1) is 35.6. The fraction of sp³-hybridized carbons (Fsp3) is 0.316. The van der Waals surface area contributed by atoms with Crippen molar-refractivity contribution in [3.63, 3.8) is 0 Å². The number of hydrogen-bond donors (Lipinski definition) is 6. The minimum Gasteiger partial charge on any atom is -0.478 e. The van der Waals surface area contributed by atoms with Crippen LogP contribution in [-0.2, 0) is 14.4 Å². The number of hydrogen-bond acceptors (Lipinski definition) is 13. The summed E-state index contributed by atoms with van der Waals surface area (Å²) in [6.07, 6.45) is 16.2. The van der Waals surface area contributed by atoms with Gasteiger partial charge in [0.1, 0.15) is 0 Å². The Morgan fingerprint density at radius 3 is 1.31 bits per heavy atom. The summed E-state index contributed by atoms with van der Waals surface area (Å²) in [6.45, 7) is 15.1. The molecule has 394 valence electrons. The van der Waals surface area contributed by atoms with Crippen molar-refractivity contribution in [2.24, 2.45) is 0 Å². The molecule has 16 nitrogen and oxygen atoms in total. The van der Waals surface area contributed by atoms with E-state index in [0.29, 0.717) is 11.5 Å². The maximum Gasteiger partial charge on any atom is 0.328 e. The molecule has 0 saturated carbocycles. The molecule has 5 aliphatic rings. The highest BCUT2D eigenvalue weighted by Crippen LogP contribution is 2.35. The van der Waals surface area contributed by atoms with Gasteiger partial charge in [0.25, 0.3) is 0 Å². The number of aliphatic hydroxyl groups is 1. The Kier molecular flexibility index (Phi) is 24.0. The molecule has 4 aromatic rings. The minimum absolute atomic E-state index is 0.0266. The van der Waals surface area contributed by atoms with Crippen LogP contribution in [0.15, 0.2) is 137 Å². The van der Waals surface area contributed by atoms with Gasteiger partial charge >= 0.3 is 11.9 Å². The number of amides is 1. The highest BCUT2D eigenvalue weighted by molar-refractivity contribution is 9.10. The molecule has 2 fully saturated rings. The van der Waals surface area contributed by atoms with Crippen molar-refractivity contribution in [1.29, 1.82) is 0 Å². The lowest BCUT2D eigenvalue weighted by molar-refractivity contribution is -0.132. The molecule has 2 saturated heterocycles. The summed E-state index contributed by atoms with van der Waals surface area (Å²) in [4.78, 5) is 35.2. The van der Waals surface area contributed by atoms with Gasteiger partial charge in [-0.1, -0.05) is 99.4 Å². The third kappa shape index (κ3) is 21.5. The summed E-state index contributed by atoms with van der Waals surface area (Å²) in [6, 6.07) is 24.8. The number of carbonyl (C=O) groups is 3. The summed E-state index contributed by atoms with van der Waals surface area (Å²) >= 11 is 3.41. The lowest BCUT2D eigenvalue weighted by Crippen LogP contribution is -2.40. The molecule has 0 aromatic heterocycles. The molecule has 0 bridgehead atoms. The van der Waals surface area contributed by atoms with E-state index in [1.807, 2.05) is 125 Å². The number of benzene rings is 4. The first kappa shape index (κ1) is 57.7. The molecule has 5 aliphatic heterocycles. The van der Waals surface area contributed by atoms with Crippen LogP contribution < -0.4 is 44.4 Å². The third-order valence-corrected chi connectivity index (χ3v) is 11.8. The molecule has 4 aromatic carbocycles. The zero-order valence-corrected chi connectivity index (χ0v) is 44.1. The molecule has 1 atom stereocenters. The number of carboxylic acid groups (broad SMARTS) is 2. The second kappa shape index (κ2) is 30.8. The Bertz CT molecular complexity index is 2560. The maximum atomic E-state index is 12.1. The number of carbonyl (C=O) groups excluding carboxylic acids is 1. The maximum absolute atomic E-state index is 12.1. The first-order valence-corrected chi connectivity index (χ1v) is 25.0. The van der Waals surface area contributed by atoms with Gasteiger partial charge in [0.2, 0.25) is 26.3 Å². The fourth-order valence-electron chi connectivity index (χ4n) is 7.23. The summed E-state index contributed by atoms with van der Waals surface area (Å²) < 4.78 is 32.6. The van der Waals surface area contributed by atoms with Crippen molar-refractivity contribution >= 4 is 52.0 Å². The predicted molar refractivity (Wildman–Crippen MR) is 291 cm³/mol. The van der Waals surface area contributed by atoms with Gasteiger partial charge in [0.05, 0.1) is 12.1 Å². The Hall–Kier alpha value is -7.15. The number of piperazine rings is 1. The number of fused-ring (bicyclic) bond motifs is 3. The van der Waals surface area contributed by atoms with E-state index >= 15 is 0 Å². The molecule has 6 N–H and O–H groups in total. The van der Waals surface area contributed by atoms with Crippen LogP contribution >= 0.6 is 15.9 Å². The number of nitrogens with one attached hydrogen (secondary N) is 3. The van der Waals surface area contributed by atoms with Gasteiger partial charge in [-0.05, 0) is 131 Å². The van der Waals surface area contributed by atoms with Gasteiger partial charge in [0.15, 0.2) is 34.5 Å². The van der Waals surface area contributed by atoms with Gasteiger partial charge in [-0.25, -0.2) is 9.59 Å². The van der Waals surface area contributed by atoms with Gasteiger partial charge in [-0.15, -0.1) is 0 Å². The molecule has 5 heterocycles. The van der Waals surface area contributed by atoms with Crippen LogP contribution in [-0.4, -0.2) is 111 Å². The number of rotatable bonds is 11. The highest BCUT2D eigenvalue weighted by atomic mass is 79.9. The standard InChI is InChI=1S/C21H20BrNO3.2C13H12O4.C5H12N2.C5H11NO/c1-14(11-16-4-9-19-20(12-16)26-13-25-19)3-10-21(24)23-15(2)17-5-7-18(22)8-6-17;2*1-9(2-5-13(14)15)6-10-3-4-11-12(7-10)17-8-16-11;1-7-4-2-6-3-5-7;7-5-1-3-6-4-2-5/h3-12,15H,13H2,1-2H3,(H,23,24);2*2-7H,8H2,1H3,(H,14,15);6H,2-5H2,1H3;5-7H,1-4H2. The minimum atomic E-state index is -0.955. The van der Waals surface area contributed by atoms with Gasteiger partial charge < -0.3 is 64.6 Å². The van der Waals surface area contributed by atoms with Gasteiger partial charge in [-0.3, -0.25) is 4.79 Å². The number of piperidine rings is 1. The molecular weight excluding hydrogens is 1010 g/mol. The number of allylic oxidation sites excluding steroid dienone is 6. The number of halogens is 1. The molecule has 1 amide bonds. The van der Waals surface area contributed by atoms with Crippen molar-refractivity contribution < 1.29 is 58.1 Å². The van der Waals surface area contributed by atoms with Crippen molar-refractivity contribution in [3.8, 4) is 34.5 Å². The molecule has 1 unspecified atom stereocenters. The number of aliphatic hydroxyl groups excluding tert-OH is 1. The quantitative estimate of drug-likeness (QED) is 0.0612. The summed E-state index contributed by atoms with van der Waals surface area (Å²) in [7, 11) is 2.15. The largest absolute Gasteiger partial charge is 0.478 e. The summed E-state index contributed by atoms with van der Waals surface area (Å²) in [5.74, 6) is 2.38. The molecule has 74 heavy (non-hydrogen) atoms. The predicted octanol–water partition coefficient (Wildman–Crippen LogP) is 9.19. The average molecular weight is 1080 g/mol. The second-order valence-corrected chi connectivity index (χ2v) is 18.4. The Balaban J connectivity index is 0.000000185. The van der Waals surface area contributed by atoms with Crippen LogP contribution in [0.1, 0.15) is 68.8 Å². The molecule has 0 radical (unpaired) electrons. The van der Waals surface area contributed by atoms with Crippen LogP contribution in [0.5, 0.6) is 34.5 Å². The first-order valence-electron chi connectivity index (χ1n) is 24.2. The number of aliphatic carboxylic acids is 2. The van der Waals surface area contributed by atoms with Crippen LogP contribution in [0, 0.1) is 0 Å². The third-order valence-electron chi connectivity index (χ3n) is 11.2. The molecule has 0 spiro atoms. The second-order valence-electron chi connectivity index (χ2n) is 17.5. The van der Waals surface area contributed by atoms with Crippen LogP contribution in [0.25, 0.3) is 18.2 Å². The Morgan fingerprint density at radius 1 is 0.581 bits per heavy atom. The topological polar surface area (TPSA) is 207 Å². The number of carboxylic acids is 2. The van der Waals surface area contributed by atoms with E-state index in [-0.39, 0.29) is 38.4 Å². The average Bonchev–Trinajstić information content (AvgIpc) is 4.18. The molecule has 9 rings (SSSR count). The number of ether oxygens (including phenoxy) is 6. The Labute approximate surface area is 441 Å². The van der Waals surface area contributed by atoms with Crippen molar-refractivity contribution in [2.75, 3.05) is 66.7 Å². The summed E-state index contributed by atoms with van der Waals surface area (Å²) in [5, 5.41) is 35.3. The lowest BCUT2D eigenvalue weighted by atomic mass is 10.1. The van der Waals surface area contributed by atoms with E-state index in [1.165, 1.54) is 13.1 Å². The van der Waals surface area contributed by atoms with Gasteiger partial charge in [0, 0.05) is 48.9 Å². The van der Waals surface area contributed by atoms with Crippen LogP contribution in [0.4, 0.5) is 0 Å². The van der Waals surface area contributed by atoms with E-state index in [2.05, 4.69) is 43.8 Å². The van der Waals surface area contributed by atoms with Gasteiger partial charge in [-0.2, -0.15) is 0 Å². The zero-order valence-electron chi connectivity index (χ0n) is 42.5. The monoisotopic (exact) mass is 1080 g/mol. The van der Waals surface area contributed by atoms with E-state index in [9.17, 15) is 14.4 Å². The van der Waals surface area contributed by atoms with Crippen LogP contribution in [0.2, 0.25) is 0 Å². The molecule has 0 aliphatic carbocycles. The lowest BCUT2D eigenvalue weighted by Gasteiger charge is -2.21. The van der Waals surface area contributed by atoms with E-state index in [4.69, 9.17) is 43.7 Å².